The summed E-state index contributed by atoms with van der Waals surface area (Å²) in [5.74, 6) is 0. The smallest absolute Gasteiger partial charge is 0.109 e. The van der Waals surface area contributed by atoms with Crippen molar-refractivity contribution < 1.29 is 30.6 Å². The molecule has 0 atom stereocenters. The zero-order chi connectivity index (χ0) is 30.0. The first-order chi connectivity index (χ1) is 15.0. The first-order valence-corrected chi connectivity index (χ1v) is 34.3. The highest BCUT2D eigenvalue weighted by molar-refractivity contribution is 6.97. The molecule has 1 saturated carbocycles. The second-order valence-electron chi connectivity index (χ2n) is 17.8. The van der Waals surface area contributed by atoms with Crippen molar-refractivity contribution in [2.45, 2.75) is 149 Å². The van der Waals surface area contributed by atoms with Crippen molar-refractivity contribution >= 4 is 48.4 Å². The van der Waals surface area contributed by atoms with Crippen molar-refractivity contribution in [3.05, 3.63) is 0 Å². The Bertz CT molecular complexity index is 666. The van der Waals surface area contributed by atoms with E-state index in [4.69, 9.17) is 0 Å². The van der Waals surface area contributed by atoms with Gasteiger partial charge in [0.05, 0.1) is 48.4 Å². The predicted octanol–water partition coefficient (Wildman–Crippen LogP) is 3.65. The molecule has 6 N–H and O–H groups in total. The van der Waals surface area contributed by atoms with E-state index in [0.29, 0.717) is 0 Å². The third-order valence-electron chi connectivity index (χ3n) is 9.65. The van der Waals surface area contributed by atoms with Gasteiger partial charge in [0.1, 0.15) is 31.3 Å². The lowest BCUT2D eigenvalue weighted by molar-refractivity contribution is -0.330. The monoisotopic (exact) mass is 612 g/mol. The van der Waals surface area contributed by atoms with Gasteiger partial charge in [0.2, 0.25) is 0 Å². The molecule has 0 spiro atoms. The number of hydrogen-bond acceptors (Lipinski definition) is 6. The van der Waals surface area contributed by atoms with Gasteiger partial charge in [-0.05, 0) is 0 Å². The van der Waals surface area contributed by atoms with Crippen LogP contribution in [0.4, 0.5) is 0 Å². The van der Waals surface area contributed by atoms with Crippen LogP contribution in [0.5, 0.6) is 0 Å². The molecule has 6 nitrogen and oxygen atoms in total. The summed E-state index contributed by atoms with van der Waals surface area (Å²) in [6, 6.07) is 0. The minimum atomic E-state index is -3.07. The summed E-state index contributed by atoms with van der Waals surface area (Å²) in [6.07, 6.45) is 0. The highest BCUT2D eigenvalue weighted by Gasteiger charge is 2.97. The van der Waals surface area contributed by atoms with E-state index in [9.17, 15) is 30.6 Å². The molecular formula is C24H60O6Si6. The number of hydrogen-bond donors (Lipinski definition) is 6. The molecule has 1 aliphatic carbocycles. The van der Waals surface area contributed by atoms with Gasteiger partial charge in [-0.15, -0.1) is 0 Å². The zero-order valence-corrected chi connectivity index (χ0v) is 32.7. The molecule has 1 fully saturated rings. The highest BCUT2D eigenvalue weighted by Crippen LogP contribution is 2.70. The minimum Gasteiger partial charge on any atom is -0.388 e. The molecular weight excluding hydrogens is 553 g/mol. The molecule has 12 heteroatoms. The molecule has 0 amide bonds. The van der Waals surface area contributed by atoms with Crippen molar-refractivity contribution in [3.8, 4) is 0 Å². The summed E-state index contributed by atoms with van der Waals surface area (Å²) >= 11 is 0. The first-order valence-electron chi connectivity index (χ1n) is 13.3. The van der Waals surface area contributed by atoms with Gasteiger partial charge >= 0.3 is 0 Å². The molecule has 0 radical (unpaired) electrons. The van der Waals surface area contributed by atoms with Crippen LogP contribution in [-0.4, -0.2) is 110 Å². The average molecular weight is 613 g/mol. The SMILES string of the molecule is C[Si](C)(C)C1(O)C(O)([Si](C)(C)C)C(O)([Si](C)(C)C)C(O)([Si](C)(C)C)C(O)([Si](C)(C)C)C1(O)[Si](C)(C)C. The summed E-state index contributed by atoms with van der Waals surface area (Å²) in [4.78, 5) is 0. The van der Waals surface area contributed by atoms with Gasteiger partial charge in [0.15, 0.2) is 0 Å². The maximum Gasteiger partial charge on any atom is 0.109 e. The highest BCUT2D eigenvalue weighted by atomic mass is 28.3. The fourth-order valence-corrected chi connectivity index (χ4v) is 37.5. The zero-order valence-electron chi connectivity index (χ0n) is 26.7. The van der Waals surface area contributed by atoms with Crippen LogP contribution in [0.1, 0.15) is 0 Å². The van der Waals surface area contributed by atoms with E-state index in [1.54, 1.807) is 0 Å². The van der Waals surface area contributed by atoms with E-state index in [2.05, 4.69) is 0 Å². The van der Waals surface area contributed by atoms with Gasteiger partial charge in [0.25, 0.3) is 0 Å². The van der Waals surface area contributed by atoms with E-state index in [1.165, 1.54) is 0 Å². The molecule has 0 heterocycles. The molecule has 0 aromatic heterocycles. The fraction of sp³-hybridized carbons (Fsp3) is 1.00. The Balaban J connectivity index is 5.13. The summed E-state index contributed by atoms with van der Waals surface area (Å²) in [6.45, 7) is 34.5. The van der Waals surface area contributed by atoms with Crippen LogP contribution in [0.3, 0.4) is 0 Å². The van der Waals surface area contributed by atoms with Crippen LogP contribution in [0.15, 0.2) is 0 Å². The fourth-order valence-electron chi connectivity index (χ4n) is 8.08. The molecule has 36 heavy (non-hydrogen) atoms. The van der Waals surface area contributed by atoms with E-state index in [1.807, 2.05) is 118 Å². The van der Waals surface area contributed by atoms with Crippen LogP contribution < -0.4 is 0 Å². The molecule has 1 aliphatic rings. The predicted molar refractivity (Wildman–Crippen MR) is 170 cm³/mol. The summed E-state index contributed by atoms with van der Waals surface area (Å²) in [7, 11) is -18.4. The Labute approximate surface area is 227 Å². The van der Waals surface area contributed by atoms with Crippen LogP contribution >= 0.6 is 0 Å². The van der Waals surface area contributed by atoms with Crippen molar-refractivity contribution in [2.24, 2.45) is 0 Å². The quantitative estimate of drug-likeness (QED) is 0.255. The Morgan fingerprint density at radius 2 is 0.278 bits per heavy atom. The Kier molecular flexibility index (Phi) is 8.09. The molecule has 0 bridgehead atoms. The van der Waals surface area contributed by atoms with Crippen molar-refractivity contribution in [1.82, 2.24) is 0 Å². The molecule has 216 valence electrons. The van der Waals surface area contributed by atoms with Crippen LogP contribution in [-0.2, 0) is 0 Å². The number of rotatable bonds is 6. The lowest BCUT2D eigenvalue weighted by Crippen LogP contribution is -3.11. The third kappa shape index (κ3) is 3.42. The largest absolute Gasteiger partial charge is 0.388 e. The van der Waals surface area contributed by atoms with Gasteiger partial charge in [-0.1, -0.05) is 118 Å². The Hall–Kier alpha value is 1.06. The Morgan fingerprint density at radius 1 is 0.222 bits per heavy atom. The molecule has 1 rings (SSSR count). The second kappa shape index (κ2) is 8.30. The van der Waals surface area contributed by atoms with Gasteiger partial charge in [0, 0.05) is 0 Å². The normalized spacial score (nSPS) is 42.0. The molecule has 0 unspecified atom stereocenters. The van der Waals surface area contributed by atoms with Gasteiger partial charge in [-0.25, -0.2) is 0 Å². The van der Waals surface area contributed by atoms with Gasteiger partial charge in [-0.3, -0.25) is 0 Å². The van der Waals surface area contributed by atoms with Crippen LogP contribution in [0, 0.1) is 0 Å². The van der Waals surface area contributed by atoms with E-state index in [-0.39, 0.29) is 0 Å². The van der Waals surface area contributed by atoms with Crippen molar-refractivity contribution in [1.29, 1.82) is 0 Å². The number of aliphatic hydroxyl groups is 6. The van der Waals surface area contributed by atoms with Gasteiger partial charge < -0.3 is 30.6 Å². The van der Waals surface area contributed by atoms with E-state index >= 15 is 0 Å². The summed E-state index contributed by atoms with van der Waals surface area (Å²) < 4.78 is 0. The summed E-state index contributed by atoms with van der Waals surface area (Å²) in [5, 5.41) is 67.7. The third-order valence-corrected chi connectivity index (χ3v) is 28.5. The summed E-state index contributed by atoms with van der Waals surface area (Å²) in [5.41, 5.74) is 0. The maximum absolute atomic E-state index is 13.5. The molecule has 0 aliphatic heterocycles. The molecule has 0 aromatic carbocycles. The van der Waals surface area contributed by atoms with Crippen LogP contribution in [0.25, 0.3) is 0 Å². The van der Waals surface area contributed by atoms with Crippen molar-refractivity contribution in [2.75, 3.05) is 0 Å². The average Bonchev–Trinajstić information content (AvgIpc) is 2.56. The van der Waals surface area contributed by atoms with Gasteiger partial charge in [-0.2, -0.15) is 0 Å². The lowest BCUT2D eigenvalue weighted by Gasteiger charge is -2.84. The lowest BCUT2D eigenvalue weighted by atomic mass is 9.79. The molecule has 0 aromatic rings. The first kappa shape index (κ1) is 35.1. The second-order valence-corrected chi connectivity index (χ2v) is 49.1. The maximum atomic E-state index is 13.5. The van der Waals surface area contributed by atoms with Crippen molar-refractivity contribution in [3.63, 3.8) is 0 Å². The van der Waals surface area contributed by atoms with E-state index < -0.39 is 79.8 Å². The van der Waals surface area contributed by atoms with Crippen LogP contribution in [0.2, 0.25) is 118 Å². The van der Waals surface area contributed by atoms with E-state index in [0.717, 1.165) is 0 Å². The standard InChI is InChI=1S/C24H60O6Si6/c1-31(2,3)19(25)20(26,32(4,5)6)22(28,34(10,11)12)24(30,36(16,17)18)23(29,35(13,14)15)21(19,27)33(7,8)9/h25-30H,1-18H3. The Morgan fingerprint density at radius 3 is 0.306 bits per heavy atom. The minimum absolute atomic E-state index is 1.91. The topological polar surface area (TPSA) is 121 Å². The molecule has 0 saturated heterocycles.